The topological polar surface area (TPSA) is 51.2 Å². The van der Waals surface area contributed by atoms with E-state index >= 15 is 0 Å². The summed E-state index contributed by atoms with van der Waals surface area (Å²) in [6.45, 7) is 0.277. The number of nitrogens with zero attached hydrogens (tertiary/aromatic N) is 1. The standard InChI is InChI=1S/C14H12BrFN2O2/c1-20-14-9(3-2-6-17-14)8-18-13(19)11-5-4-10(16)7-12(11)15/h2-7H,8H2,1H3,(H,18,19). The van der Waals surface area contributed by atoms with Crippen molar-refractivity contribution in [3.63, 3.8) is 0 Å². The highest BCUT2D eigenvalue weighted by Gasteiger charge is 2.11. The van der Waals surface area contributed by atoms with E-state index in [1.54, 1.807) is 12.3 Å². The van der Waals surface area contributed by atoms with Gasteiger partial charge in [-0.1, -0.05) is 6.07 Å². The minimum absolute atomic E-state index is 0.277. The lowest BCUT2D eigenvalue weighted by atomic mass is 10.2. The molecule has 0 bridgehead atoms. The number of hydrogen-bond acceptors (Lipinski definition) is 3. The molecule has 0 aliphatic rings. The van der Waals surface area contributed by atoms with E-state index in [2.05, 4.69) is 26.2 Å². The molecule has 0 saturated carbocycles. The monoisotopic (exact) mass is 338 g/mol. The van der Waals surface area contributed by atoms with Gasteiger partial charge in [-0.25, -0.2) is 9.37 Å². The van der Waals surface area contributed by atoms with Gasteiger partial charge >= 0.3 is 0 Å². The maximum Gasteiger partial charge on any atom is 0.252 e. The van der Waals surface area contributed by atoms with Gasteiger partial charge in [-0.3, -0.25) is 4.79 Å². The quantitative estimate of drug-likeness (QED) is 0.932. The molecule has 2 aromatic rings. The number of carbonyl (C=O) groups excluding carboxylic acids is 1. The van der Waals surface area contributed by atoms with E-state index in [0.29, 0.717) is 15.9 Å². The van der Waals surface area contributed by atoms with Gasteiger partial charge in [0, 0.05) is 22.8 Å². The van der Waals surface area contributed by atoms with Crippen LogP contribution in [-0.2, 0) is 6.54 Å². The largest absolute Gasteiger partial charge is 0.481 e. The van der Waals surface area contributed by atoms with E-state index in [0.717, 1.165) is 5.56 Å². The van der Waals surface area contributed by atoms with E-state index in [4.69, 9.17) is 4.74 Å². The van der Waals surface area contributed by atoms with Crippen LogP contribution in [0.1, 0.15) is 15.9 Å². The van der Waals surface area contributed by atoms with E-state index in [1.165, 1.54) is 25.3 Å². The van der Waals surface area contributed by atoms with Crippen LogP contribution in [0.2, 0.25) is 0 Å². The van der Waals surface area contributed by atoms with Crippen molar-refractivity contribution >= 4 is 21.8 Å². The Kier molecular flexibility index (Phi) is 4.68. The molecule has 1 amide bonds. The van der Waals surface area contributed by atoms with Crippen molar-refractivity contribution in [3.8, 4) is 5.88 Å². The molecule has 1 aromatic heterocycles. The second-order valence-electron chi connectivity index (χ2n) is 3.98. The first-order valence-corrected chi connectivity index (χ1v) is 6.62. The van der Waals surface area contributed by atoms with Crippen LogP contribution in [0.15, 0.2) is 41.0 Å². The van der Waals surface area contributed by atoms with E-state index in [-0.39, 0.29) is 12.5 Å². The molecule has 0 fully saturated rings. The van der Waals surface area contributed by atoms with E-state index in [9.17, 15) is 9.18 Å². The Labute approximate surface area is 124 Å². The molecule has 1 N–H and O–H groups in total. The average Bonchev–Trinajstić information content (AvgIpc) is 2.45. The number of benzene rings is 1. The molecule has 0 spiro atoms. The Morgan fingerprint density at radius 3 is 2.95 bits per heavy atom. The van der Waals surface area contributed by atoms with Crippen molar-refractivity contribution in [1.29, 1.82) is 0 Å². The fourth-order valence-electron chi connectivity index (χ4n) is 1.69. The van der Waals surface area contributed by atoms with Gasteiger partial charge in [-0.05, 0) is 40.2 Å². The number of rotatable bonds is 4. The summed E-state index contributed by atoms with van der Waals surface area (Å²) in [6, 6.07) is 7.49. The number of nitrogens with one attached hydrogen (secondary N) is 1. The first-order chi connectivity index (χ1) is 9.61. The highest BCUT2D eigenvalue weighted by Crippen LogP contribution is 2.18. The molecular weight excluding hydrogens is 327 g/mol. The Morgan fingerprint density at radius 2 is 2.25 bits per heavy atom. The van der Waals surface area contributed by atoms with Crippen molar-refractivity contribution < 1.29 is 13.9 Å². The summed E-state index contributed by atoms with van der Waals surface area (Å²) in [7, 11) is 1.52. The van der Waals surface area contributed by atoms with Crippen molar-refractivity contribution in [2.45, 2.75) is 6.54 Å². The minimum atomic E-state index is -0.401. The Balaban J connectivity index is 2.09. The summed E-state index contributed by atoms with van der Waals surface area (Å²) in [6.07, 6.45) is 1.61. The van der Waals surface area contributed by atoms with Gasteiger partial charge in [-0.15, -0.1) is 0 Å². The molecule has 1 heterocycles. The lowest BCUT2D eigenvalue weighted by Gasteiger charge is -2.09. The number of aromatic nitrogens is 1. The van der Waals surface area contributed by atoms with Crippen LogP contribution >= 0.6 is 15.9 Å². The number of carbonyl (C=O) groups is 1. The number of ether oxygens (including phenoxy) is 1. The van der Waals surface area contributed by atoms with Gasteiger partial charge in [-0.2, -0.15) is 0 Å². The molecule has 0 aliphatic heterocycles. The van der Waals surface area contributed by atoms with Crippen molar-refractivity contribution in [2.24, 2.45) is 0 Å². The molecule has 1 aromatic carbocycles. The maximum atomic E-state index is 13.0. The summed E-state index contributed by atoms with van der Waals surface area (Å²) in [4.78, 5) is 16.1. The zero-order valence-corrected chi connectivity index (χ0v) is 12.3. The smallest absolute Gasteiger partial charge is 0.252 e. The fraction of sp³-hybridized carbons (Fsp3) is 0.143. The molecular formula is C14H12BrFN2O2. The van der Waals surface area contributed by atoms with Crippen LogP contribution in [0.4, 0.5) is 4.39 Å². The van der Waals surface area contributed by atoms with Crippen LogP contribution in [0, 0.1) is 5.82 Å². The highest BCUT2D eigenvalue weighted by atomic mass is 79.9. The molecule has 0 radical (unpaired) electrons. The Bertz CT molecular complexity index is 634. The van der Waals surface area contributed by atoms with Crippen LogP contribution < -0.4 is 10.1 Å². The highest BCUT2D eigenvalue weighted by molar-refractivity contribution is 9.10. The van der Waals surface area contributed by atoms with Crippen LogP contribution in [0.25, 0.3) is 0 Å². The summed E-state index contributed by atoms with van der Waals surface area (Å²) >= 11 is 3.16. The predicted molar refractivity (Wildman–Crippen MR) is 76.1 cm³/mol. The number of hydrogen-bond donors (Lipinski definition) is 1. The molecule has 2 rings (SSSR count). The van der Waals surface area contributed by atoms with Crippen molar-refractivity contribution in [1.82, 2.24) is 10.3 Å². The third kappa shape index (κ3) is 3.33. The molecule has 0 unspecified atom stereocenters. The lowest BCUT2D eigenvalue weighted by molar-refractivity contribution is 0.0950. The van der Waals surface area contributed by atoms with Crippen LogP contribution in [0.3, 0.4) is 0 Å². The molecule has 104 valence electrons. The van der Waals surface area contributed by atoms with Gasteiger partial charge in [0.2, 0.25) is 5.88 Å². The Hall–Kier alpha value is -1.95. The van der Waals surface area contributed by atoms with Gasteiger partial charge in [0.05, 0.1) is 12.7 Å². The number of halogens is 2. The molecule has 20 heavy (non-hydrogen) atoms. The third-order valence-corrected chi connectivity index (χ3v) is 3.31. The zero-order chi connectivity index (χ0) is 14.5. The lowest BCUT2D eigenvalue weighted by Crippen LogP contribution is -2.23. The summed E-state index contributed by atoms with van der Waals surface area (Å²) in [5.41, 5.74) is 1.14. The summed E-state index contributed by atoms with van der Waals surface area (Å²) < 4.78 is 18.5. The van der Waals surface area contributed by atoms with Crippen molar-refractivity contribution in [2.75, 3.05) is 7.11 Å². The molecule has 0 saturated heterocycles. The van der Waals surface area contributed by atoms with Crippen LogP contribution in [0.5, 0.6) is 5.88 Å². The Morgan fingerprint density at radius 1 is 1.45 bits per heavy atom. The maximum absolute atomic E-state index is 13.0. The van der Waals surface area contributed by atoms with E-state index in [1.807, 2.05) is 6.07 Å². The third-order valence-electron chi connectivity index (χ3n) is 2.66. The van der Waals surface area contributed by atoms with E-state index < -0.39 is 5.82 Å². The molecule has 0 atom stereocenters. The molecule has 6 heteroatoms. The summed E-state index contributed by atoms with van der Waals surface area (Å²) in [5, 5.41) is 2.74. The fourth-order valence-corrected chi connectivity index (χ4v) is 2.22. The second-order valence-corrected chi connectivity index (χ2v) is 4.83. The van der Waals surface area contributed by atoms with Crippen molar-refractivity contribution in [3.05, 3.63) is 57.9 Å². The predicted octanol–water partition coefficient (Wildman–Crippen LogP) is 2.92. The molecule has 0 aliphatic carbocycles. The molecule has 4 nitrogen and oxygen atoms in total. The first-order valence-electron chi connectivity index (χ1n) is 5.83. The number of amides is 1. The average molecular weight is 339 g/mol. The van der Waals surface area contributed by atoms with Gasteiger partial charge in [0.15, 0.2) is 0 Å². The van der Waals surface area contributed by atoms with Crippen LogP contribution in [-0.4, -0.2) is 18.0 Å². The zero-order valence-electron chi connectivity index (χ0n) is 10.7. The SMILES string of the molecule is COc1ncccc1CNC(=O)c1ccc(F)cc1Br. The first kappa shape index (κ1) is 14.5. The summed E-state index contributed by atoms with van der Waals surface area (Å²) in [5.74, 6) is -0.240. The second kappa shape index (κ2) is 6.47. The number of methoxy groups -OCH3 is 1. The van der Waals surface area contributed by atoms with Gasteiger partial charge in [0.1, 0.15) is 5.82 Å². The normalized spacial score (nSPS) is 10.2. The minimum Gasteiger partial charge on any atom is -0.481 e. The van der Waals surface area contributed by atoms with Gasteiger partial charge < -0.3 is 10.1 Å². The number of pyridine rings is 1. The van der Waals surface area contributed by atoms with Gasteiger partial charge in [0.25, 0.3) is 5.91 Å².